The molecular formula is C42H55NO15. The molecule has 318 valence electrons. The number of carbonyl (C=O) groups is 6. The van der Waals surface area contributed by atoms with Crippen molar-refractivity contribution in [2.24, 2.45) is 28.1 Å². The molecule has 1 amide bonds. The van der Waals surface area contributed by atoms with Crippen molar-refractivity contribution in [3.05, 3.63) is 47.0 Å². The lowest BCUT2D eigenvalue weighted by atomic mass is 9.44. The molecule has 1 spiro atoms. The molecule has 4 N–H and O–H groups in total. The number of benzene rings is 1. The van der Waals surface area contributed by atoms with Crippen LogP contribution in [0.1, 0.15) is 92.4 Å². The summed E-state index contributed by atoms with van der Waals surface area (Å²) in [6.45, 7) is 15.4. The monoisotopic (exact) mass is 813 g/mol. The van der Waals surface area contributed by atoms with Gasteiger partial charge in [0.05, 0.1) is 35.6 Å². The third-order valence-electron chi connectivity index (χ3n) is 13.0. The number of hydrogen-bond acceptors (Lipinski definition) is 15. The number of Topliss-reactive ketones (excluding diaryl/α,β-unsaturated/α-hetero) is 1. The molecule has 16 heteroatoms. The van der Waals surface area contributed by atoms with Gasteiger partial charge in [0.2, 0.25) is 11.5 Å². The number of aliphatic hydroxyl groups is 3. The number of esters is 3. The number of ketones is 1. The van der Waals surface area contributed by atoms with Crippen LogP contribution in [-0.4, -0.2) is 118 Å². The molecule has 58 heavy (non-hydrogen) atoms. The Morgan fingerprint density at radius 2 is 1.66 bits per heavy atom. The molecule has 1 aromatic carbocycles. The summed E-state index contributed by atoms with van der Waals surface area (Å²) >= 11 is 0. The van der Waals surface area contributed by atoms with Gasteiger partial charge in [-0.1, -0.05) is 66.7 Å². The van der Waals surface area contributed by atoms with E-state index in [9.17, 15) is 39.3 Å². The lowest BCUT2D eigenvalue weighted by Gasteiger charge is -2.67. The van der Waals surface area contributed by atoms with Crippen LogP contribution in [0.25, 0.3) is 0 Å². The lowest BCUT2D eigenvalue weighted by molar-refractivity contribution is -0.345. The minimum absolute atomic E-state index is 0.0512. The Labute approximate surface area is 336 Å². The minimum atomic E-state index is -2.30. The predicted molar refractivity (Wildman–Crippen MR) is 200 cm³/mol. The van der Waals surface area contributed by atoms with E-state index in [1.807, 2.05) is 13.8 Å². The van der Waals surface area contributed by atoms with E-state index in [-0.39, 0.29) is 42.1 Å². The highest BCUT2D eigenvalue weighted by molar-refractivity contribution is 5.94. The summed E-state index contributed by atoms with van der Waals surface area (Å²) in [5.41, 5.74) is -8.70. The van der Waals surface area contributed by atoms with Gasteiger partial charge in [0.1, 0.15) is 12.2 Å². The zero-order valence-electron chi connectivity index (χ0n) is 34.5. The average Bonchev–Trinajstić information content (AvgIpc) is 3.50. The van der Waals surface area contributed by atoms with Gasteiger partial charge in [-0.05, 0) is 49.5 Å². The first-order valence-electron chi connectivity index (χ1n) is 19.6. The lowest BCUT2D eigenvalue weighted by Crippen LogP contribution is -2.83. The van der Waals surface area contributed by atoms with Crippen LogP contribution in [0.4, 0.5) is 4.79 Å². The number of fused-ring (bicyclic) bond motifs is 4. The molecule has 0 aromatic heterocycles. The molecule has 2 bridgehead atoms. The maximum Gasteiger partial charge on any atom is 0.509 e. The molecule has 0 radical (unpaired) electrons. The van der Waals surface area contributed by atoms with Crippen molar-refractivity contribution in [2.45, 2.75) is 142 Å². The highest BCUT2D eigenvalue weighted by atomic mass is 16.8. The van der Waals surface area contributed by atoms with Crippen LogP contribution in [0.5, 0.6) is 0 Å². The SMILES string of the molecule is CC(=O)O[C@@]12CO[C@@H]1C[C@H](O)[C@@]1(C)C(=O)[C@H](O)C3=C(C)[C@@H](OC(=O)[C@H](O)[C@H](CC(C)C)NC(=O)C(C)(C)C)[C@@H]4OC(=O)O[C@]4([C@@H](OC(=O)c4ccccc4)[C@H]21)C3(C)C. The van der Waals surface area contributed by atoms with Crippen molar-refractivity contribution >= 4 is 35.8 Å². The van der Waals surface area contributed by atoms with E-state index in [2.05, 4.69) is 5.32 Å². The topological polar surface area (TPSA) is 231 Å². The number of rotatable bonds is 9. The maximum absolute atomic E-state index is 15.1. The number of aliphatic hydroxyl groups excluding tert-OH is 3. The predicted octanol–water partition coefficient (Wildman–Crippen LogP) is 2.72. The summed E-state index contributed by atoms with van der Waals surface area (Å²) in [4.78, 5) is 83.3. The highest BCUT2D eigenvalue weighted by Gasteiger charge is 2.83. The minimum Gasteiger partial charge on any atom is -0.454 e. The van der Waals surface area contributed by atoms with E-state index >= 15 is 4.79 Å². The van der Waals surface area contributed by atoms with Gasteiger partial charge in [-0.25, -0.2) is 14.4 Å². The molecule has 4 fully saturated rings. The molecule has 16 nitrogen and oxygen atoms in total. The van der Waals surface area contributed by atoms with E-state index in [0.29, 0.717) is 0 Å². The van der Waals surface area contributed by atoms with Crippen LogP contribution in [0.15, 0.2) is 41.5 Å². The second kappa shape index (κ2) is 14.7. The van der Waals surface area contributed by atoms with Crippen LogP contribution in [0, 0.1) is 28.1 Å². The average molecular weight is 814 g/mol. The van der Waals surface area contributed by atoms with Gasteiger partial charge in [0.15, 0.2) is 35.8 Å². The third-order valence-corrected chi connectivity index (χ3v) is 13.0. The fourth-order valence-electron chi connectivity index (χ4n) is 10.1. The summed E-state index contributed by atoms with van der Waals surface area (Å²) in [6.07, 6.45) is -13.2. The summed E-state index contributed by atoms with van der Waals surface area (Å²) < 4.78 is 36.6. The van der Waals surface area contributed by atoms with Crippen LogP contribution in [0.3, 0.4) is 0 Å². The van der Waals surface area contributed by atoms with Gasteiger partial charge in [-0.15, -0.1) is 0 Å². The van der Waals surface area contributed by atoms with E-state index in [1.165, 1.54) is 26.0 Å². The number of ether oxygens (including phenoxy) is 6. The Bertz CT molecular complexity index is 1900. The highest BCUT2D eigenvalue weighted by Crippen LogP contribution is 2.66. The summed E-state index contributed by atoms with van der Waals surface area (Å²) in [5.74, 6) is -6.04. The van der Waals surface area contributed by atoms with Gasteiger partial charge in [-0.2, -0.15) is 0 Å². The van der Waals surface area contributed by atoms with Gasteiger partial charge >= 0.3 is 24.1 Å². The summed E-state index contributed by atoms with van der Waals surface area (Å²) in [6, 6.07) is 6.67. The van der Waals surface area contributed by atoms with Crippen LogP contribution < -0.4 is 5.32 Å². The zero-order chi connectivity index (χ0) is 43.1. The maximum atomic E-state index is 15.1. The molecule has 12 atom stereocenters. The van der Waals surface area contributed by atoms with Gasteiger partial charge in [0, 0.05) is 24.2 Å². The molecule has 5 aliphatic rings. The second-order valence-electron chi connectivity index (χ2n) is 18.5. The first-order valence-corrected chi connectivity index (χ1v) is 19.6. The summed E-state index contributed by atoms with van der Waals surface area (Å²) in [5, 5.41) is 38.6. The Balaban J connectivity index is 1.58. The van der Waals surface area contributed by atoms with Crippen LogP contribution in [-0.2, 0) is 47.6 Å². The van der Waals surface area contributed by atoms with E-state index in [0.717, 1.165) is 6.92 Å². The molecule has 3 aliphatic carbocycles. The Kier molecular flexibility index (Phi) is 11.0. The fourth-order valence-corrected chi connectivity index (χ4v) is 10.1. The second-order valence-corrected chi connectivity index (χ2v) is 18.5. The van der Waals surface area contributed by atoms with E-state index in [4.69, 9.17) is 28.4 Å². The van der Waals surface area contributed by atoms with Crippen LogP contribution in [0.2, 0.25) is 0 Å². The third kappa shape index (κ3) is 6.50. The molecule has 2 heterocycles. The van der Waals surface area contributed by atoms with Crippen molar-refractivity contribution in [3.8, 4) is 0 Å². The van der Waals surface area contributed by atoms with Gasteiger partial charge in [-0.3, -0.25) is 14.4 Å². The Morgan fingerprint density at radius 3 is 2.21 bits per heavy atom. The van der Waals surface area contributed by atoms with Crippen molar-refractivity contribution < 1.29 is 72.5 Å². The number of nitrogens with one attached hydrogen (secondary N) is 1. The largest absolute Gasteiger partial charge is 0.509 e. The first-order chi connectivity index (χ1) is 26.9. The fraction of sp³-hybridized carbons (Fsp3) is 0.667. The number of hydrogen-bond donors (Lipinski definition) is 4. The molecule has 6 rings (SSSR count). The Hall–Kier alpha value is -4.38. The quantitative estimate of drug-likeness (QED) is 0.160. The van der Waals surface area contributed by atoms with Crippen molar-refractivity contribution in [3.63, 3.8) is 0 Å². The normalized spacial score (nSPS) is 35.9. The van der Waals surface area contributed by atoms with E-state index < -0.39 is 118 Å². The van der Waals surface area contributed by atoms with Gasteiger partial charge < -0.3 is 49.1 Å². The van der Waals surface area contributed by atoms with Gasteiger partial charge in [0.25, 0.3) is 0 Å². The van der Waals surface area contributed by atoms with Crippen molar-refractivity contribution in [1.82, 2.24) is 5.32 Å². The summed E-state index contributed by atoms with van der Waals surface area (Å²) in [7, 11) is 0. The number of amides is 1. The van der Waals surface area contributed by atoms with Crippen LogP contribution >= 0.6 is 0 Å². The molecule has 0 unspecified atom stereocenters. The molecular weight excluding hydrogens is 758 g/mol. The van der Waals surface area contributed by atoms with Crippen molar-refractivity contribution in [2.75, 3.05) is 6.61 Å². The number of carbonyl (C=O) groups excluding carboxylic acids is 6. The van der Waals surface area contributed by atoms with Crippen molar-refractivity contribution in [1.29, 1.82) is 0 Å². The Morgan fingerprint density at radius 1 is 1.02 bits per heavy atom. The smallest absolute Gasteiger partial charge is 0.454 e. The molecule has 2 aliphatic heterocycles. The first kappa shape index (κ1) is 43.2. The standard InChI is InChI=1S/C42H55NO15/c1-19(2)16-23(43-36(51)38(5,6)7)27(46)35(50)54-29-20(3)26-28(47)31(48)40(10)24(45)17-25-41(18-53-25,57-21(4)44)30(40)33(55-34(49)22-14-12-11-13-15-22)42(39(26,8)9)32(29)56-37(52)58-42/h11-15,19,23-25,27-30,32-33,45-47H,16-18H2,1-10H3,(H,43,51)/t23-,24-,25+,27+,28+,29+,30-,32-,33-,40+,41-,42+/m0/s1. The zero-order valence-corrected chi connectivity index (χ0v) is 34.5. The molecule has 2 saturated heterocycles. The molecule has 2 saturated carbocycles. The molecule has 1 aromatic rings. The van der Waals surface area contributed by atoms with E-state index in [1.54, 1.807) is 52.8 Å².